The van der Waals surface area contributed by atoms with Gasteiger partial charge in [0.1, 0.15) is 0 Å². The van der Waals surface area contributed by atoms with Gasteiger partial charge < -0.3 is 10.6 Å². The number of rotatable bonds is 5. The SMILES string of the molecule is C=C(CN)CN(C)CC1CC1C. The summed E-state index contributed by atoms with van der Waals surface area (Å²) in [6.07, 6.45) is 1.40. The normalized spacial score (nSPS) is 27.7. The van der Waals surface area contributed by atoms with Crippen LogP contribution >= 0.6 is 0 Å². The lowest BCUT2D eigenvalue weighted by Crippen LogP contribution is -2.25. The maximum atomic E-state index is 5.47. The molecule has 2 atom stereocenters. The van der Waals surface area contributed by atoms with Crippen LogP contribution in [0.4, 0.5) is 0 Å². The summed E-state index contributed by atoms with van der Waals surface area (Å²) in [7, 11) is 2.14. The van der Waals surface area contributed by atoms with E-state index in [0.29, 0.717) is 6.54 Å². The number of nitrogens with zero attached hydrogens (tertiary/aromatic N) is 1. The van der Waals surface area contributed by atoms with Crippen LogP contribution < -0.4 is 5.73 Å². The van der Waals surface area contributed by atoms with Gasteiger partial charge in [0.15, 0.2) is 0 Å². The summed E-state index contributed by atoms with van der Waals surface area (Å²) in [5.41, 5.74) is 6.60. The Bertz CT molecular complexity index is 165. The fourth-order valence-corrected chi connectivity index (χ4v) is 1.56. The fourth-order valence-electron chi connectivity index (χ4n) is 1.56. The highest BCUT2D eigenvalue weighted by molar-refractivity contribution is 4.99. The Labute approximate surface area is 75.4 Å². The minimum Gasteiger partial charge on any atom is -0.327 e. The highest BCUT2D eigenvalue weighted by atomic mass is 15.1. The lowest BCUT2D eigenvalue weighted by atomic mass is 10.2. The van der Waals surface area contributed by atoms with Crippen LogP contribution in [0.5, 0.6) is 0 Å². The number of likely N-dealkylation sites (N-methyl/N-ethyl adjacent to an activating group) is 1. The second-order valence-corrected chi connectivity index (χ2v) is 4.12. The average molecular weight is 168 g/mol. The Balaban J connectivity index is 2.11. The van der Waals surface area contributed by atoms with Crippen molar-refractivity contribution in [3.63, 3.8) is 0 Å². The van der Waals surface area contributed by atoms with Crippen LogP contribution in [0.3, 0.4) is 0 Å². The van der Waals surface area contributed by atoms with Gasteiger partial charge in [-0.15, -0.1) is 0 Å². The first-order valence-corrected chi connectivity index (χ1v) is 4.68. The zero-order valence-corrected chi connectivity index (χ0v) is 8.21. The van der Waals surface area contributed by atoms with Crippen molar-refractivity contribution in [2.24, 2.45) is 17.6 Å². The number of hydrogen-bond acceptors (Lipinski definition) is 2. The molecule has 12 heavy (non-hydrogen) atoms. The molecule has 0 aromatic heterocycles. The summed E-state index contributed by atoms with van der Waals surface area (Å²) >= 11 is 0. The van der Waals surface area contributed by atoms with E-state index in [-0.39, 0.29) is 0 Å². The van der Waals surface area contributed by atoms with Crippen molar-refractivity contribution in [1.29, 1.82) is 0 Å². The summed E-state index contributed by atoms with van der Waals surface area (Å²) in [5, 5.41) is 0. The van der Waals surface area contributed by atoms with Crippen molar-refractivity contribution in [1.82, 2.24) is 4.90 Å². The van der Waals surface area contributed by atoms with Gasteiger partial charge in [-0.05, 0) is 30.9 Å². The molecule has 0 spiro atoms. The van der Waals surface area contributed by atoms with Gasteiger partial charge in [-0.2, -0.15) is 0 Å². The third-order valence-electron chi connectivity index (χ3n) is 2.60. The van der Waals surface area contributed by atoms with E-state index in [1.54, 1.807) is 0 Å². The van der Waals surface area contributed by atoms with E-state index >= 15 is 0 Å². The monoisotopic (exact) mass is 168 g/mol. The number of nitrogens with two attached hydrogens (primary N) is 1. The molecule has 2 N–H and O–H groups in total. The van der Waals surface area contributed by atoms with Crippen LogP contribution in [0.1, 0.15) is 13.3 Å². The first-order valence-electron chi connectivity index (χ1n) is 4.68. The minimum absolute atomic E-state index is 0.616. The topological polar surface area (TPSA) is 29.3 Å². The highest BCUT2D eigenvalue weighted by Gasteiger charge is 2.32. The third-order valence-corrected chi connectivity index (χ3v) is 2.60. The maximum absolute atomic E-state index is 5.47. The van der Waals surface area contributed by atoms with E-state index in [0.717, 1.165) is 24.0 Å². The molecule has 0 bridgehead atoms. The van der Waals surface area contributed by atoms with E-state index in [1.165, 1.54) is 13.0 Å². The van der Waals surface area contributed by atoms with Crippen LogP contribution in [-0.2, 0) is 0 Å². The standard InChI is InChI=1S/C10H20N2/c1-8(5-11)6-12(3)7-10-4-9(10)2/h9-10H,1,4-7,11H2,2-3H3. The van der Waals surface area contributed by atoms with Crippen molar-refractivity contribution in [3.8, 4) is 0 Å². The van der Waals surface area contributed by atoms with Gasteiger partial charge in [-0.25, -0.2) is 0 Å². The van der Waals surface area contributed by atoms with Gasteiger partial charge in [0.25, 0.3) is 0 Å². The molecular formula is C10H20N2. The van der Waals surface area contributed by atoms with Crippen LogP contribution in [-0.4, -0.2) is 31.6 Å². The second kappa shape index (κ2) is 4.06. The fraction of sp³-hybridized carbons (Fsp3) is 0.800. The summed E-state index contributed by atoms with van der Waals surface area (Å²) in [6.45, 7) is 8.99. The van der Waals surface area contributed by atoms with Crippen molar-refractivity contribution >= 4 is 0 Å². The quantitative estimate of drug-likeness (QED) is 0.623. The van der Waals surface area contributed by atoms with Crippen LogP contribution in [0.25, 0.3) is 0 Å². The first-order chi connectivity index (χ1) is 5.63. The van der Waals surface area contributed by atoms with Gasteiger partial charge in [0.2, 0.25) is 0 Å². The molecule has 70 valence electrons. The molecule has 0 aliphatic heterocycles. The predicted molar refractivity (Wildman–Crippen MR) is 53.0 cm³/mol. The molecule has 0 heterocycles. The van der Waals surface area contributed by atoms with Gasteiger partial charge in [0, 0.05) is 19.6 Å². The van der Waals surface area contributed by atoms with Crippen molar-refractivity contribution in [2.45, 2.75) is 13.3 Å². The van der Waals surface area contributed by atoms with Crippen molar-refractivity contribution in [2.75, 3.05) is 26.7 Å². The van der Waals surface area contributed by atoms with Crippen LogP contribution in [0.15, 0.2) is 12.2 Å². The summed E-state index contributed by atoms with van der Waals surface area (Å²) < 4.78 is 0. The van der Waals surface area contributed by atoms with E-state index < -0.39 is 0 Å². The zero-order chi connectivity index (χ0) is 9.14. The third kappa shape index (κ3) is 2.95. The summed E-state index contributed by atoms with van der Waals surface area (Å²) in [6, 6.07) is 0. The average Bonchev–Trinajstić information content (AvgIpc) is 2.66. The molecule has 0 saturated heterocycles. The largest absolute Gasteiger partial charge is 0.327 e. The highest BCUT2D eigenvalue weighted by Crippen LogP contribution is 2.37. The molecule has 2 unspecified atom stereocenters. The van der Waals surface area contributed by atoms with E-state index in [9.17, 15) is 0 Å². The molecule has 2 nitrogen and oxygen atoms in total. The Morgan fingerprint density at radius 2 is 2.25 bits per heavy atom. The van der Waals surface area contributed by atoms with E-state index in [2.05, 4.69) is 25.5 Å². The van der Waals surface area contributed by atoms with Gasteiger partial charge in [-0.3, -0.25) is 0 Å². The lowest BCUT2D eigenvalue weighted by molar-refractivity contribution is 0.339. The van der Waals surface area contributed by atoms with Crippen LogP contribution in [0, 0.1) is 11.8 Å². The number of hydrogen-bond donors (Lipinski definition) is 1. The van der Waals surface area contributed by atoms with Gasteiger partial charge in [-0.1, -0.05) is 13.5 Å². The molecule has 1 saturated carbocycles. The van der Waals surface area contributed by atoms with Crippen molar-refractivity contribution < 1.29 is 0 Å². The zero-order valence-electron chi connectivity index (χ0n) is 8.21. The minimum atomic E-state index is 0.616. The maximum Gasteiger partial charge on any atom is 0.0199 e. The van der Waals surface area contributed by atoms with Gasteiger partial charge >= 0.3 is 0 Å². The Morgan fingerprint density at radius 1 is 1.67 bits per heavy atom. The van der Waals surface area contributed by atoms with E-state index in [4.69, 9.17) is 5.73 Å². The molecule has 2 heteroatoms. The van der Waals surface area contributed by atoms with Gasteiger partial charge in [0.05, 0.1) is 0 Å². The van der Waals surface area contributed by atoms with Crippen LogP contribution in [0.2, 0.25) is 0 Å². The molecule has 0 aromatic rings. The van der Waals surface area contributed by atoms with Crippen molar-refractivity contribution in [3.05, 3.63) is 12.2 Å². The summed E-state index contributed by atoms with van der Waals surface area (Å²) in [5.74, 6) is 1.87. The Kier molecular flexibility index (Phi) is 3.29. The molecule has 0 aromatic carbocycles. The Morgan fingerprint density at radius 3 is 2.67 bits per heavy atom. The molecule has 0 amide bonds. The second-order valence-electron chi connectivity index (χ2n) is 4.12. The first kappa shape index (κ1) is 9.75. The van der Waals surface area contributed by atoms with E-state index in [1.807, 2.05) is 0 Å². The molecule has 1 rings (SSSR count). The summed E-state index contributed by atoms with van der Waals surface area (Å²) in [4.78, 5) is 2.32. The molecule has 1 aliphatic carbocycles. The molecular weight excluding hydrogens is 148 g/mol. The smallest absolute Gasteiger partial charge is 0.0199 e. The predicted octanol–water partition coefficient (Wildman–Crippen LogP) is 1.09. The lowest BCUT2D eigenvalue weighted by Gasteiger charge is -2.16. The molecule has 1 aliphatic rings. The Hall–Kier alpha value is -0.340. The molecule has 1 fully saturated rings. The molecule has 0 radical (unpaired) electrons.